The summed E-state index contributed by atoms with van der Waals surface area (Å²) >= 11 is 0. The third-order valence-electron chi connectivity index (χ3n) is 4.67. The molecule has 0 heterocycles. The van der Waals surface area contributed by atoms with Crippen molar-refractivity contribution in [1.29, 1.82) is 0 Å². The normalized spacial score (nSPS) is 11.5. The fourth-order valence-corrected chi connectivity index (χ4v) is 2.90. The number of hydrogen-bond donors (Lipinski definition) is 4. The Morgan fingerprint density at radius 3 is 1.34 bits per heavy atom. The average Bonchev–Trinajstić information content (AvgIpc) is 2.77. The standard InChI is InChI=1S/C26H30N4O2/c1-5-27-25(31)29-19(3)23-15-11-21(12-16-23)9-7-8-10-22-13-17-24(18-14-22)20(4)30-26(32)28-6-2/h11-20H,5-6H2,1-4H3,(H2,27,29,31)(H2,28,30,32)/t19-,20-/m0/s1. The van der Waals surface area contributed by atoms with Crippen LogP contribution in [0.4, 0.5) is 9.59 Å². The predicted molar refractivity (Wildman–Crippen MR) is 128 cm³/mol. The van der Waals surface area contributed by atoms with Crippen molar-refractivity contribution in [3.63, 3.8) is 0 Å². The van der Waals surface area contributed by atoms with Crippen LogP contribution in [-0.2, 0) is 0 Å². The molecule has 0 aliphatic carbocycles. The summed E-state index contributed by atoms with van der Waals surface area (Å²) in [5.74, 6) is 11.8. The largest absolute Gasteiger partial charge is 0.338 e. The zero-order valence-electron chi connectivity index (χ0n) is 19.0. The van der Waals surface area contributed by atoms with E-state index in [0.717, 1.165) is 22.3 Å². The number of amides is 4. The van der Waals surface area contributed by atoms with Gasteiger partial charge in [-0.1, -0.05) is 36.1 Å². The van der Waals surface area contributed by atoms with Crippen molar-refractivity contribution in [1.82, 2.24) is 21.3 Å². The monoisotopic (exact) mass is 430 g/mol. The van der Waals surface area contributed by atoms with Gasteiger partial charge in [-0.2, -0.15) is 0 Å². The molecule has 166 valence electrons. The smallest absolute Gasteiger partial charge is 0.315 e. The lowest BCUT2D eigenvalue weighted by Crippen LogP contribution is -2.36. The van der Waals surface area contributed by atoms with Gasteiger partial charge in [0.15, 0.2) is 0 Å². The Balaban J connectivity index is 1.93. The molecule has 0 bridgehead atoms. The van der Waals surface area contributed by atoms with E-state index in [9.17, 15) is 9.59 Å². The number of carbonyl (C=O) groups is 2. The highest BCUT2D eigenvalue weighted by molar-refractivity contribution is 5.74. The van der Waals surface area contributed by atoms with E-state index < -0.39 is 0 Å². The molecule has 6 heteroatoms. The summed E-state index contributed by atoms with van der Waals surface area (Å²) in [5.41, 5.74) is 3.72. The molecule has 0 aliphatic rings. The van der Waals surface area contributed by atoms with E-state index in [4.69, 9.17) is 0 Å². The maximum Gasteiger partial charge on any atom is 0.315 e. The van der Waals surface area contributed by atoms with E-state index in [1.807, 2.05) is 76.2 Å². The van der Waals surface area contributed by atoms with Gasteiger partial charge in [0.25, 0.3) is 0 Å². The molecule has 0 aliphatic heterocycles. The molecule has 0 aromatic heterocycles. The van der Waals surface area contributed by atoms with Gasteiger partial charge in [0.1, 0.15) is 0 Å². The number of urea groups is 2. The second-order valence-electron chi connectivity index (χ2n) is 7.19. The highest BCUT2D eigenvalue weighted by Gasteiger charge is 2.09. The summed E-state index contributed by atoms with van der Waals surface area (Å²) in [6.07, 6.45) is 0. The third-order valence-corrected chi connectivity index (χ3v) is 4.67. The lowest BCUT2D eigenvalue weighted by molar-refractivity contribution is 0.237. The first-order chi connectivity index (χ1) is 15.4. The van der Waals surface area contributed by atoms with Crippen LogP contribution in [-0.4, -0.2) is 25.2 Å². The fraction of sp³-hybridized carbons (Fsp3) is 0.308. The molecule has 0 saturated heterocycles. The minimum atomic E-state index is -0.181. The number of rotatable bonds is 6. The molecule has 0 unspecified atom stereocenters. The molecule has 2 atom stereocenters. The molecule has 32 heavy (non-hydrogen) atoms. The van der Waals surface area contributed by atoms with Crippen molar-refractivity contribution in [3.8, 4) is 23.7 Å². The van der Waals surface area contributed by atoms with Gasteiger partial charge in [-0.05, 0) is 74.9 Å². The van der Waals surface area contributed by atoms with Crippen molar-refractivity contribution in [2.24, 2.45) is 0 Å². The fourth-order valence-electron chi connectivity index (χ4n) is 2.90. The van der Waals surface area contributed by atoms with Crippen molar-refractivity contribution in [3.05, 3.63) is 70.8 Å². The van der Waals surface area contributed by atoms with Crippen LogP contribution >= 0.6 is 0 Å². The first-order valence-corrected chi connectivity index (χ1v) is 10.7. The lowest BCUT2D eigenvalue weighted by Gasteiger charge is -2.14. The van der Waals surface area contributed by atoms with Gasteiger partial charge in [-0.25, -0.2) is 9.59 Å². The molecule has 0 fully saturated rings. The lowest BCUT2D eigenvalue weighted by atomic mass is 10.1. The quantitative estimate of drug-likeness (QED) is 0.525. The number of carbonyl (C=O) groups excluding carboxylic acids is 2. The van der Waals surface area contributed by atoms with E-state index in [1.165, 1.54) is 0 Å². The Morgan fingerprint density at radius 2 is 1.03 bits per heavy atom. The Kier molecular flexibility index (Phi) is 9.69. The zero-order valence-corrected chi connectivity index (χ0v) is 19.0. The average molecular weight is 431 g/mol. The van der Waals surface area contributed by atoms with Gasteiger partial charge in [-0.15, -0.1) is 0 Å². The number of benzene rings is 2. The molecular formula is C26H30N4O2. The maximum absolute atomic E-state index is 11.6. The highest BCUT2D eigenvalue weighted by atomic mass is 16.2. The summed E-state index contributed by atoms with van der Waals surface area (Å²) in [6, 6.07) is 14.9. The molecule has 2 aromatic rings. The van der Waals surface area contributed by atoms with Gasteiger partial charge < -0.3 is 21.3 Å². The SMILES string of the molecule is CCNC(=O)N[C@@H](C)c1ccc(C#CC#Cc2ccc([C@H](C)NC(=O)NCC)cc2)cc1. The number of hydrogen-bond acceptors (Lipinski definition) is 2. The minimum absolute atomic E-state index is 0.0923. The van der Waals surface area contributed by atoms with Crippen LogP contribution in [0, 0.1) is 23.7 Å². The van der Waals surface area contributed by atoms with Crippen LogP contribution in [0.3, 0.4) is 0 Å². The first kappa shape index (κ1) is 24.4. The summed E-state index contributed by atoms with van der Waals surface area (Å²) in [4.78, 5) is 23.2. The van der Waals surface area contributed by atoms with Crippen molar-refractivity contribution < 1.29 is 9.59 Å². The first-order valence-electron chi connectivity index (χ1n) is 10.7. The van der Waals surface area contributed by atoms with Crippen LogP contribution < -0.4 is 21.3 Å². The predicted octanol–water partition coefficient (Wildman–Crippen LogP) is 3.85. The summed E-state index contributed by atoms with van der Waals surface area (Å²) in [5, 5.41) is 11.2. The Morgan fingerprint density at radius 1 is 0.688 bits per heavy atom. The minimum Gasteiger partial charge on any atom is -0.338 e. The second kappa shape index (κ2) is 12.7. The third kappa shape index (κ3) is 8.08. The zero-order chi connectivity index (χ0) is 23.3. The van der Waals surface area contributed by atoms with Gasteiger partial charge in [0.05, 0.1) is 12.1 Å². The summed E-state index contributed by atoms with van der Waals surface area (Å²) < 4.78 is 0. The van der Waals surface area contributed by atoms with Crippen LogP contribution in [0.1, 0.15) is 62.0 Å². The second-order valence-corrected chi connectivity index (χ2v) is 7.19. The molecule has 4 amide bonds. The molecule has 6 nitrogen and oxygen atoms in total. The van der Waals surface area contributed by atoms with E-state index in [-0.39, 0.29) is 24.1 Å². The van der Waals surface area contributed by atoms with Crippen LogP contribution in [0.5, 0.6) is 0 Å². The van der Waals surface area contributed by atoms with Crippen molar-refractivity contribution in [2.75, 3.05) is 13.1 Å². The molecule has 0 spiro atoms. The Labute approximate surface area is 190 Å². The number of nitrogens with one attached hydrogen (secondary N) is 4. The van der Waals surface area contributed by atoms with Gasteiger partial charge in [-0.3, -0.25) is 0 Å². The molecule has 4 N–H and O–H groups in total. The molecular weight excluding hydrogens is 400 g/mol. The van der Waals surface area contributed by atoms with E-state index >= 15 is 0 Å². The van der Waals surface area contributed by atoms with Crippen molar-refractivity contribution in [2.45, 2.75) is 39.8 Å². The highest BCUT2D eigenvalue weighted by Crippen LogP contribution is 2.14. The molecule has 2 rings (SSSR count). The van der Waals surface area contributed by atoms with Crippen LogP contribution in [0.2, 0.25) is 0 Å². The van der Waals surface area contributed by atoms with Crippen LogP contribution in [0.25, 0.3) is 0 Å². The van der Waals surface area contributed by atoms with E-state index in [1.54, 1.807) is 0 Å². The van der Waals surface area contributed by atoms with Gasteiger partial charge in [0, 0.05) is 24.2 Å². The summed E-state index contributed by atoms with van der Waals surface area (Å²) in [7, 11) is 0. The maximum atomic E-state index is 11.6. The van der Waals surface area contributed by atoms with E-state index in [0.29, 0.717) is 13.1 Å². The van der Waals surface area contributed by atoms with Crippen LogP contribution in [0.15, 0.2) is 48.5 Å². The van der Waals surface area contributed by atoms with Gasteiger partial charge >= 0.3 is 12.1 Å². The molecule has 2 aromatic carbocycles. The van der Waals surface area contributed by atoms with E-state index in [2.05, 4.69) is 44.9 Å². The molecule has 0 saturated carbocycles. The summed E-state index contributed by atoms with van der Waals surface area (Å²) in [6.45, 7) is 8.81. The molecule has 0 radical (unpaired) electrons. The topological polar surface area (TPSA) is 82.3 Å². The Hall–Kier alpha value is -3.90. The van der Waals surface area contributed by atoms with Gasteiger partial charge in [0.2, 0.25) is 0 Å². The Bertz CT molecular complexity index is 936. The van der Waals surface area contributed by atoms with Crippen molar-refractivity contribution >= 4 is 12.1 Å².